The lowest BCUT2D eigenvalue weighted by Crippen LogP contribution is -2.11. The minimum Gasteiger partial charge on any atom is -0.370 e. The van der Waals surface area contributed by atoms with Crippen LogP contribution in [0, 0.1) is 5.92 Å². The second-order valence-corrected chi connectivity index (χ2v) is 5.88. The molecule has 0 aliphatic rings. The molecule has 1 heterocycles. The molecule has 0 fully saturated rings. The summed E-state index contributed by atoms with van der Waals surface area (Å²) in [5, 5.41) is 6.79. The average molecular weight is 298 g/mol. The Morgan fingerprint density at radius 1 is 1.00 bits per heavy atom. The van der Waals surface area contributed by atoms with Crippen molar-refractivity contribution in [3.8, 4) is 11.4 Å². The van der Waals surface area contributed by atoms with Crippen LogP contribution in [0.2, 0.25) is 0 Å². The molecule has 2 aromatic rings. The van der Waals surface area contributed by atoms with E-state index in [0.717, 1.165) is 42.5 Å². The van der Waals surface area contributed by atoms with Crippen LogP contribution in [0.5, 0.6) is 0 Å². The van der Waals surface area contributed by atoms with E-state index in [2.05, 4.69) is 41.4 Å². The summed E-state index contributed by atoms with van der Waals surface area (Å²) in [5.74, 6) is 3.09. The molecule has 0 amide bonds. The first-order valence-corrected chi connectivity index (χ1v) is 8.11. The summed E-state index contributed by atoms with van der Waals surface area (Å²) < 4.78 is 0. The Labute approximate surface area is 133 Å². The number of benzene rings is 1. The van der Waals surface area contributed by atoms with Crippen LogP contribution in [-0.4, -0.2) is 23.1 Å². The van der Waals surface area contributed by atoms with Gasteiger partial charge in [-0.15, -0.1) is 0 Å². The predicted molar refractivity (Wildman–Crippen MR) is 94.2 cm³/mol. The lowest BCUT2D eigenvalue weighted by atomic mass is 10.2. The third kappa shape index (κ3) is 5.02. The Hall–Kier alpha value is -2.10. The SMILES string of the molecule is CCCCNc1cc(NCC(C)C)nc(-c2ccccc2)n1. The highest BCUT2D eigenvalue weighted by molar-refractivity contribution is 5.61. The van der Waals surface area contributed by atoms with Crippen LogP contribution in [0.15, 0.2) is 36.4 Å². The van der Waals surface area contributed by atoms with Crippen LogP contribution in [0.4, 0.5) is 11.6 Å². The van der Waals surface area contributed by atoms with E-state index < -0.39 is 0 Å². The van der Waals surface area contributed by atoms with Crippen molar-refractivity contribution in [2.45, 2.75) is 33.6 Å². The molecule has 1 aromatic heterocycles. The third-order valence-electron chi connectivity index (χ3n) is 3.29. The summed E-state index contributed by atoms with van der Waals surface area (Å²) in [6.45, 7) is 8.40. The van der Waals surface area contributed by atoms with E-state index in [1.165, 1.54) is 6.42 Å². The van der Waals surface area contributed by atoms with Crippen molar-refractivity contribution in [1.82, 2.24) is 9.97 Å². The quantitative estimate of drug-likeness (QED) is 0.708. The lowest BCUT2D eigenvalue weighted by molar-refractivity contribution is 0.687. The minimum absolute atomic E-state index is 0.576. The van der Waals surface area contributed by atoms with Crippen LogP contribution in [0.1, 0.15) is 33.6 Å². The van der Waals surface area contributed by atoms with Gasteiger partial charge in [-0.25, -0.2) is 9.97 Å². The van der Waals surface area contributed by atoms with Crippen molar-refractivity contribution in [3.63, 3.8) is 0 Å². The molecule has 0 spiro atoms. The monoisotopic (exact) mass is 298 g/mol. The highest BCUT2D eigenvalue weighted by Gasteiger charge is 2.07. The summed E-state index contributed by atoms with van der Waals surface area (Å²) in [7, 11) is 0. The van der Waals surface area contributed by atoms with Crippen LogP contribution in [0.25, 0.3) is 11.4 Å². The van der Waals surface area contributed by atoms with Gasteiger partial charge in [-0.1, -0.05) is 57.5 Å². The van der Waals surface area contributed by atoms with Crippen molar-refractivity contribution >= 4 is 11.6 Å². The van der Waals surface area contributed by atoms with Gasteiger partial charge in [-0.3, -0.25) is 0 Å². The topological polar surface area (TPSA) is 49.8 Å². The zero-order valence-electron chi connectivity index (χ0n) is 13.8. The predicted octanol–water partition coefficient (Wildman–Crippen LogP) is 4.42. The molecule has 0 bridgehead atoms. The molecule has 0 aliphatic heterocycles. The molecule has 4 heteroatoms. The highest BCUT2D eigenvalue weighted by atomic mass is 15.1. The zero-order chi connectivity index (χ0) is 15.8. The largest absolute Gasteiger partial charge is 0.370 e. The van der Waals surface area contributed by atoms with Crippen LogP contribution in [0.3, 0.4) is 0 Å². The lowest BCUT2D eigenvalue weighted by Gasteiger charge is -2.12. The fourth-order valence-electron chi connectivity index (χ4n) is 2.05. The molecule has 0 radical (unpaired) electrons. The Morgan fingerprint density at radius 2 is 1.68 bits per heavy atom. The first kappa shape index (κ1) is 16.3. The number of rotatable bonds is 8. The van der Waals surface area contributed by atoms with Crippen molar-refractivity contribution in [1.29, 1.82) is 0 Å². The summed E-state index contributed by atoms with van der Waals surface area (Å²) in [4.78, 5) is 9.28. The Morgan fingerprint density at radius 3 is 2.32 bits per heavy atom. The van der Waals surface area contributed by atoms with Gasteiger partial charge in [0.2, 0.25) is 0 Å². The number of unbranched alkanes of at least 4 members (excludes halogenated alkanes) is 1. The third-order valence-corrected chi connectivity index (χ3v) is 3.29. The molecular weight excluding hydrogens is 272 g/mol. The van der Waals surface area contributed by atoms with Gasteiger partial charge in [0.05, 0.1) is 0 Å². The Kier molecular flexibility index (Phi) is 6.19. The molecule has 0 unspecified atom stereocenters. The molecule has 0 atom stereocenters. The van der Waals surface area contributed by atoms with Gasteiger partial charge in [0.1, 0.15) is 11.6 Å². The average Bonchev–Trinajstić information content (AvgIpc) is 2.54. The van der Waals surface area contributed by atoms with E-state index in [1.807, 2.05) is 36.4 Å². The number of nitrogens with one attached hydrogen (secondary N) is 2. The summed E-state index contributed by atoms with van der Waals surface area (Å²) >= 11 is 0. The highest BCUT2D eigenvalue weighted by Crippen LogP contribution is 2.20. The van der Waals surface area contributed by atoms with Gasteiger partial charge < -0.3 is 10.6 Å². The molecule has 2 N–H and O–H groups in total. The molecule has 0 aliphatic carbocycles. The molecule has 2 rings (SSSR count). The van der Waals surface area contributed by atoms with E-state index in [4.69, 9.17) is 0 Å². The van der Waals surface area contributed by atoms with E-state index in [0.29, 0.717) is 5.92 Å². The van der Waals surface area contributed by atoms with Gasteiger partial charge in [-0.2, -0.15) is 0 Å². The van der Waals surface area contributed by atoms with Crippen LogP contribution >= 0.6 is 0 Å². The fourth-order valence-corrected chi connectivity index (χ4v) is 2.05. The maximum atomic E-state index is 4.64. The van der Waals surface area contributed by atoms with E-state index >= 15 is 0 Å². The van der Waals surface area contributed by atoms with E-state index in [1.54, 1.807) is 0 Å². The molecule has 0 saturated heterocycles. The molecule has 1 aromatic carbocycles. The fraction of sp³-hybridized carbons (Fsp3) is 0.444. The summed E-state index contributed by atoms with van der Waals surface area (Å²) in [6.07, 6.45) is 2.31. The van der Waals surface area contributed by atoms with Crippen molar-refractivity contribution in [2.75, 3.05) is 23.7 Å². The zero-order valence-corrected chi connectivity index (χ0v) is 13.8. The number of aromatic nitrogens is 2. The van der Waals surface area contributed by atoms with Crippen molar-refractivity contribution in [2.24, 2.45) is 5.92 Å². The first-order valence-electron chi connectivity index (χ1n) is 8.11. The van der Waals surface area contributed by atoms with E-state index in [9.17, 15) is 0 Å². The Balaban J connectivity index is 2.23. The summed E-state index contributed by atoms with van der Waals surface area (Å²) in [5.41, 5.74) is 1.04. The summed E-state index contributed by atoms with van der Waals surface area (Å²) in [6, 6.07) is 12.1. The normalized spacial score (nSPS) is 10.7. The minimum atomic E-state index is 0.576. The van der Waals surface area contributed by atoms with Gasteiger partial charge >= 0.3 is 0 Å². The molecule has 118 valence electrons. The second kappa shape index (κ2) is 8.37. The van der Waals surface area contributed by atoms with Crippen molar-refractivity contribution in [3.05, 3.63) is 36.4 Å². The number of nitrogens with zero attached hydrogens (tertiary/aromatic N) is 2. The molecule has 0 saturated carbocycles. The number of anilines is 2. The van der Waals surface area contributed by atoms with Crippen molar-refractivity contribution < 1.29 is 0 Å². The molecular formula is C18H26N4. The number of hydrogen-bond acceptors (Lipinski definition) is 4. The van der Waals surface area contributed by atoms with Gasteiger partial charge in [0.15, 0.2) is 5.82 Å². The Bertz CT molecular complexity index is 567. The number of hydrogen-bond donors (Lipinski definition) is 2. The maximum Gasteiger partial charge on any atom is 0.163 e. The van der Waals surface area contributed by atoms with Gasteiger partial charge in [0, 0.05) is 24.7 Å². The van der Waals surface area contributed by atoms with Crippen LogP contribution < -0.4 is 10.6 Å². The second-order valence-electron chi connectivity index (χ2n) is 5.88. The first-order chi connectivity index (χ1) is 10.7. The van der Waals surface area contributed by atoms with E-state index in [-0.39, 0.29) is 0 Å². The maximum absolute atomic E-state index is 4.64. The molecule has 22 heavy (non-hydrogen) atoms. The standard InChI is InChI=1S/C18H26N4/c1-4-5-11-19-16-12-17(20-13-14(2)3)22-18(21-16)15-9-7-6-8-10-15/h6-10,12,14H,4-5,11,13H2,1-3H3,(H2,19,20,21,22). The van der Waals surface area contributed by atoms with Crippen LogP contribution in [-0.2, 0) is 0 Å². The van der Waals surface area contributed by atoms with Gasteiger partial charge in [0.25, 0.3) is 0 Å². The molecule has 4 nitrogen and oxygen atoms in total. The smallest absolute Gasteiger partial charge is 0.163 e. The van der Waals surface area contributed by atoms with Gasteiger partial charge in [-0.05, 0) is 12.3 Å².